The minimum absolute atomic E-state index is 0.152. The summed E-state index contributed by atoms with van der Waals surface area (Å²) in [5, 5.41) is 9.46. The maximum Gasteiger partial charge on any atom is 0.336 e. The van der Waals surface area contributed by atoms with E-state index in [0.29, 0.717) is 28.0 Å². The Bertz CT molecular complexity index is 1290. The standard InChI is InChI=1S/C21H19N3O3/c1-12(2)16-10-17-14(9-20(25)27-19(17)8-13(16)3)11-24-21(26)15-6-4-5-7-18(15)22-23-24/h4-10,12H,11H2,1-3H3. The van der Waals surface area contributed by atoms with E-state index in [2.05, 4.69) is 24.2 Å². The van der Waals surface area contributed by atoms with Gasteiger partial charge in [0, 0.05) is 11.5 Å². The van der Waals surface area contributed by atoms with Crippen LogP contribution in [0, 0.1) is 6.92 Å². The average molecular weight is 361 g/mol. The molecule has 0 aliphatic rings. The van der Waals surface area contributed by atoms with E-state index in [1.165, 1.54) is 16.3 Å². The second-order valence-electron chi connectivity index (χ2n) is 7.02. The van der Waals surface area contributed by atoms with E-state index in [-0.39, 0.29) is 12.1 Å². The van der Waals surface area contributed by atoms with Crippen LogP contribution in [0.3, 0.4) is 0 Å². The normalized spacial score (nSPS) is 11.6. The Morgan fingerprint density at radius 1 is 1.07 bits per heavy atom. The molecule has 0 saturated carbocycles. The Morgan fingerprint density at radius 3 is 2.63 bits per heavy atom. The molecule has 0 bridgehead atoms. The fraction of sp³-hybridized carbons (Fsp3) is 0.238. The zero-order valence-corrected chi connectivity index (χ0v) is 15.4. The fourth-order valence-electron chi connectivity index (χ4n) is 3.43. The van der Waals surface area contributed by atoms with Crippen LogP contribution in [-0.2, 0) is 6.54 Å². The first-order valence-electron chi connectivity index (χ1n) is 8.84. The molecule has 2 aromatic carbocycles. The van der Waals surface area contributed by atoms with Crippen molar-refractivity contribution in [3.8, 4) is 0 Å². The highest BCUT2D eigenvalue weighted by Gasteiger charge is 2.13. The van der Waals surface area contributed by atoms with E-state index >= 15 is 0 Å². The van der Waals surface area contributed by atoms with Gasteiger partial charge in [-0.25, -0.2) is 9.48 Å². The van der Waals surface area contributed by atoms with Crippen LogP contribution < -0.4 is 11.2 Å². The Morgan fingerprint density at radius 2 is 1.85 bits per heavy atom. The zero-order chi connectivity index (χ0) is 19.1. The quantitative estimate of drug-likeness (QED) is 0.523. The predicted molar refractivity (Wildman–Crippen MR) is 104 cm³/mol. The minimum atomic E-state index is -0.448. The molecule has 6 heteroatoms. The number of rotatable bonds is 3. The molecule has 0 N–H and O–H groups in total. The molecule has 0 radical (unpaired) electrons. The molecule has 2 aromatic heterocycles. The van der Waals surface area contributed by atoms with Gasteiger partial charge in [-0.05, 0) is 53.8 Å². The van der Waals surface area contributed by atoms with Gasteiger partial charge in [-0.2, -0.15) is 0 Å². The van der Waals surface area contributed by atoms with Crippen LogP contribution in [0.4, 0.5) is 0 Å². The highest BCUT2D eigenvalue weighted by atomic mass is 16.4. The van der Waals surface area contributed by atoms with Gasteiger partial charge in [-0.15, -0.1) is 5.10 Å². The van der Waals surface area contributed by atoms with Crippen LogP contribution in [0.5, 0.6) is 0 Å². The number of aromatic nitrogens is 3. The zero-order valence-electron chi connectivity index (χ0n) is 15.4. The third-order valence-corrected chi connectivity index (χ3v) is 4.79. The first-order valence-corrected chi connectivity index (χ1v) is 8.84. The summed E-state index contributed by atoms with van der Waals surface area (Å²) in [6.07, 6.45) is 0. The van der Waals surface area contributed by atoms with E-state index in [0.717, 1.165) is 10.9 Å². The van der Waals surface area contributed by atoms with E-state index < -0.39 is 5.63 Å². The maximum absolute atomic E-state index is 12.7. The lowest BCUT2D eigenvalue weighted by molar-refractivity contribution is 0.551. The third kappa shape index (κ3) is 3.03. The molecule has 0 spiro atoms. The first-order chi connectivity index (χ1) is 12.9. The van der Waals surface area contributed by atoms with E-state index in [4.69, 9.17) is 4.42 Å². The highest BCUT2D eigenvalue weighted by molar-refractivity contribution is 5.82. The van der Waals surface area contributed by atoms with Gasteiger partial charge in [0.25, 0.3) is 5.56 Å². The molecule has 0 unspecified atom stereocenters. The molecule has 2 heterocycles. The molecule has 4 aromatic rings. The number of aryl methyl sites for hydroxylation is 1. The molecule has 0 saturated heterocycles. The topological polar surface area (TPSA) is 78.0 Å². The maximum atomic E-state index is 12.7. The van der Waals surface area contributed by atoms with Gasteiger partial charge in [0.05, 0.1) is 11.9 Å². The van der Waals surface area contributed by atoms with Gasteiger partial charge in [0.2, 0.25) is 0 Å². The van der Waals surface area contributed by atoms with Gasteiger partial charge in [-0.1, -0.05) is 31.2 Å². The molecule has 0 atom stereocenters. The smallest absolute Gasteiger partial charge is 0.336 e. The van der Waals surface area contributed by atoms with Crippen molar-refractivity contribution < 1.29 is 4.42 Å². The summed E-state index contributed by atoms with van der Waals surface area (Å²) >= 11 is 0. The number of benzene rings is 2. The Labute approximate surface area is 155 Å². The molecule has 4 rings (SSSR count). The third-order valence-electron chi connectivity index (χ3n) is 4.79. The number of hydrogen-bond donors (Lipinski definition) is 0. The van der Waals surface area contributed by atoms with Crippen molar-refractivity contribution in [2.24, 2.45) is 0 Å². The second-order valence-corrected chi connectivity index (χ2v) is 7.02. The molecule has 6 nitrogen and oxygen atoms in total. The van der Waals surface area contributed by atoms with Crippen molar-refractivity contribution in [1.29, 1.82) is 0 Å². The van der Waals surface area contributed by atoms with Crippen LogP contribution in [0.1, 0.15) is 36.5 Å². The summed E-state index contributed by atoms with van der Waals surface area (Å²) in [5.74, 6) is 0.331. The molecular weight excluding hydrogens is 342 g/mol. The molecule has 0 aliphatic carbocycles. The molecule has 0 amide bonds. The highest BCUT2D eigenvalue weighted by Crippen LogP contribution is 2.27. The molecule has 27 heavy (non-hydrogen) atoms. The summed E-state index contributed by atoms with van der Waals surface area (Å²) in [5.41, 5.74) is 3.31. The van der Waals surface area contributed by atoms with E-state index in [1.54, 1.807) is 18.2 Å². The van der Waals surface area contributed by atoms with Gasteiger partial charge in [-0.3, -0.25) is 4.79 Å². The van der Waals surface area contributed by atoms with Crippen molar-refractivity contribution in [2.75, 3.05) is 0 Å². The van der Waals surface area contributed by atoms with Gasteiger partial charge < -0.3 is 4.42 Å². The van der Waals surface area contributed by atoms with Gasteiger partial charge >= 0.3 is 5.63 Å². The fourth-order valence-corrected chi connectivity index (χ4v) is 3.43. The van der Waals surface area contributed by atoms with Crippen LogP contribution in [0.25, 0.3) is 21.9 Å². The lowest BCUT2D eigenvalue weighted by atomic mass is 9.95. The Kier molecular flexibility index (Phi) is 4.11. The molecule has 0 aliphatic heterocycles. The van der Waals surface area contributed by atoms with Crippen molar-refractivity contribution >= 4 is 21.9 Å². The Hall–Kier alpha value is -3.28. The molecule has 0 fully saturated rings. The number of nitrogens with zero attached hydrogens (tertiary/aromatic N) is 3. The predicted octanol–water partition coefficient (Wildman–Crippen LogP) is 3.38. The largest absolute Gasteiger partial charge is 0.423 e. The SMILES string of the molecule is Cc1cc2oc(=O)cc(Cn3nnc4ccccc4c3=O)c2cc1C(C)C. The lowest BCUT2D eigenvalue weighted by Crippen LogP contribution is -2.25. The second kappa shape index (κ2) is 6.46. The summed E-state index contributed by atoms with van der Waals surface area (Å²) in [6.45, 7) is 6.39. The average Bonchev–Trinajstić information content (AvgIpc) is 2.63. The monoisotopic (exact) mass is 361 g/mol. The molecular formula is C21H19N3O3. The van der Waals surface area contributed by atoms with E-state index in [1.807, 2.05) is 25.1 Å². The number of fused-ring (bicyclic) bond motifs is 2. The van der Waals surface area contributed by atoms with Gasteiger partial charge in [0.1, 0.15) is 11.1 Å². The summed E-state index contributed by atoms with van der Waals surface area (Å²) in [7, 11) is 0. The van der Waals surface area contributed by atoms with Crippen molar-refractivity contribution in [3.05, 3.63) is 79.9 Å². The molecule has 136 valence electrons. The summed E-state index contributed by atoms with van der Waals surface area (Å²) in [6, 6.07) is 12.4. The Balaban J connectivity index is 1.91. The summed E-state index contributed by atoms with van der Waals surface area (Å²) < 4.78 is 6.66. The van der Waals surface area contributed by atoms with Crippen molar-refractivity contribution in [3.63, 3.8) is 0 Å². The van der Waals surface area contributed by atoms with Crippen LogP contribution in [0.2, 0.25) is 0 Å². The first kappa shape index (κ1) is 17.1. The van der Waals surface area contributed by atoms with Crippen molar-refractivity contribution in [2.45, 2.75) is 33.2 Å². The van der Waals surface area contributed by atoms with Crippen LogP contribution in [-0.4, -0.2) is 15.0 Å². The number of hydrogen-bond acceptors (Lipinski definition) is 5. The lowest BCUT2D eigenvalue weighted by Gasteiger charge is -2.13. The van der Waals surface area contributed by atoms with Crippen LogP contribution in [0.15, 0.2) is 56.5 Å². The van der Waals surface area contributed by atoms with Gasteiger partial charge in [0.15, 0.2) is 0 Å². The van der Waals surface area contributed by atoms with E-state index in [9.17, 15) is 9.59 Å². The van der Waals surface area contributed by atoms with Crippen molar-refractivity contribution in [1.82, 2.24) is 15.0 Å². The summed E-state index contributed by atoms with van der Waals surface area (Å²) in [4.78, 5) is 24.8. The van der Waals surface area contributed by atoms with Crippen LogP contribution >= 0.6 is 0 Å². The minimum Gasteiger partial charge on any atom is -0.423 e.